The molecule has 2 nitrogen and oxygen atoms in total. The molecule has 0 N–H and O–H groups in total. The molecule has 0 aliphatic carbocycles. The van der Waals surface area contributed by atoms with Gasteiger partial charge in [-0.15, -0.1) is 0 Å². The fraction of sp³-hybridized carbons (Fsp3) is 0.250. The predicted octanol–water partition coefficient (Wildman–Crippen LogP) is 1.68. The van der Waals surface area contributed by atoms with Crippen LogP contribution in [0, 0.1) is 19.7 Å². The van der Waals surface area contributed by atoms with Gasteiger partial charge in [0.1, 0.15) is 5.82 Å². The first kappa shape index (κ1) is 9.35. The molecule has 4 heteroatoms. The van der Waals surface area contributed by atoms with Gasteiger partial charge in [-0.1, -0.05) is 6.07 Å². The van der Waals surface area contributed by atoms with Crippen molar-refractivity contribution in [2.24, 2.45) is 0 Å². The van der Waals surface area contributed by atoms with Crippen molar-refractivity contribution in [3.63, 3.8) is 0 Å². The highest BCUT2D eigenvalue weighted by atomic mass is 32.2. The lowest BCUT2D eigenvalue weighted by Gasteiger charge is -2.09. The van der Waals surface area contributed by atoms with Crippen molar-refractivity contribution in [3.8, 4) is 0 Å². The van der Waals surface area contributed by atoms with E-state index in [2.05, 4.69) is 0 Å². The molecule has 0 spiro atoms. The van der Waals surface area contributed by atoms with E-state index in [0.717, 1.165) is 6.07 Å². The molecule has 0 aromatic heterocycles. The van der Waals surface area contributed by atoms with Crippen LogP contribution in [0.5, 0.6) is 0 Å². The molecule has 0 heterocycles. The number of aryl methyl sites for hydroxylation is 2. The van der Waals surface area contributed by atoms with Crippen molar-refractivity contribution in [1.29, 1.82) is 0 Å². The molecular formula is C8H8FO2S-. The summed E-state index contributed by atoms with van der Waals surface area (Å²) in [4.78, 5) is 0.0260. The second-order valence-corrected chi connectivity index (χ2v) is 3.51. The third kappa shape index (κ3) is 1.70. The fourth-order valence-corrected chi connectivity index (χ4v) is 1.51. The van der Waals surface area contributed by atoms with E-state index >= 15 is 0 Å². The largest absolute Gasteiger partial charge is 0.768 e. The van der Waals surface area contributed by atoms with Crippen molar-refractivity contribution in [2.75, 3.05) is 0 Å². The Bertz CT molecular complexity index is 336. The number of rotatable bonds is 1. The summed E-state index contributed by atoms with van der Waals surface area (Å²) < 4.78 is 33.9. The van der Waals surface area contributed by atoms with Crippen molar-refractivity contribution in [3.05, 3.63) is 29.1 Å². The van der Waals surface area contributed by atoms with E-state index in [0.29, 0.717) is 11.1 Å². The van der Waals surface area contributed by atoms with E-state index in [-0.39, 0.29) is 4.90 Å². The molecule has 1 aromatic carbocycles. The first-order chi connectivity index (χ1) is 5.52. The van der Waals surface area contributed by atoms with E-state index < -0.39 is 16.9 Å². The van der Waals surface area contributed by atoms with Crippen LogP contribution in [0.1, 0.15) is 11.1 Å². The zero-order valence-corrected chi connectivity index (χ0v) is 7.57. The minimum atomic E-state index is -2.35. The van der Waals surface area contributed by atoms with E-state index in [1.165, 1.54) is 6.07 Å². The quantitative estimate of drug-likeness (QED) is 0.627. The molecule has 0 amide bonds. The Morgan fingerprint density at radius 1 is 1.33 bits per heavy atom. The third-order valence-electron chi connectivity index (χ3n) is 1.64. The van der Waals surface area contributed by atoms with Gasteiger partial charge in [0.05, 0.1) is 0 Å². The van der Waals surface area contributed by atoms with Gasteiger partial charge in [0.25, 0.3) is 0 Å². The Balaban J connectivity index is 3.33. The van der Waals surface area contributed by atoms with Gasteiger partial charge in [0, 0.05) is 4.90 Å². The highest BCUT2D eigenvalue weighted by Gasteiger charge is 2.03. The van der Waals surface area contributed by atoms with E-state index in [9.17, 15) is 13.2 Å². The monoisotopic (exact) mass is 187 g/mol. The van der Waals surface area contributed by atoms with Crippen LogP contribution in [-0.2, 0) is 11.1 Å². The molecular weight excluding hydrogens is 179 g/mol. The van der Waals surface area contributed by atoms with Gasteiger partial charge >= 0.3 is 0 Å². The molecule has 0 saturated carbocycles. The second-order valence-electron chi connectivity index (χ2n) is 2.60. The minimum absolute atomic E-state index is 0.0260. The van der Waals surface area contributed by atoms with Crippen molar-refractivity contribution >= 4 is 11.1 Å². The zero-order valence-electron chi connectivity index (χ0n) is 6.76. The topological polar surface area (TPSA) is 40.1 Å². The highest BCUT2D eigenvalue weighted by molar-refractivity contribution is 7.79. The predicted molar refractivity (Wildman–Crippen MR) is 43.1 cm³/mol. The summed E-state index contributed by atoms with van der Waals surface area (Å²) in [7, 11) is 0. The highest BCUT2D eigenvalue weighted by Crippen LogP contribution is 2.16. The summed E-state index contributed by atoms with van der Waals surface area (Å²) in [5, 5.41) is 0. The molecule has 1 atom stereocenters. The Hall–Kier alpha value is -0.740. The van der Waals surface area contributed by atoms with Gasteiger partial charge in [0.2, 0.25) is 0 Å². The molecule has 1 rings (SSSR count). The first-order valence-corrected chi connectivity index (χ1v) is 4.46. The Kier molecular flexibility index (Phi) is 2.59. The van der Waals surface area contributed by atoms with Gasteiger partial charge in [0.15, 0.2) is 0 Å². The second kappa shape index (κ2) is 3.33. The van der Waals surface area contributed by atoms with Crippen LogP contribution in [-0.4, -0.2) is 8.76 Å². The maximum Gasteiger partial charge on any atom is 0.127 e. The van der Waals surface area contributed by atoms with Gasteiger partial charge in [-0.25, -0.2) is 4.39 Å². The van der Waals surface area contributed by atoms with Crippen LogP contribution in [0.4, 0.5) is 4.39 Å². The van der Waals surface area contributed by atoms with Crippen molar-refractivity contribution in [2.45, 2.75) is 18.7 Å². The summed E-state index contributed by atoms with van der Waals surface area (Å²) in [5.41, 5.74) is 1.03. The maximum atomic E-state index is 12.8. The molecule has 0 aliphatic rings. The van der Waals surface area contributed by atoms with Crippen LogP contribution in [0.3, 0.4) is 0 Å². The van der Waals surface area contributed by atoms with Crippen LogP contribution in [0.15, 0.2) is 17.0 Å². The van der Waals surface area contributed by atoms with Gasteiger partial charge in [-0.3, -0.25) is 4.21 Å². The molecule has 0 saturated heterocycles. The molecule has 0 fully saturated rings. The summed E-state index contributed by atoms with van der Waals surface area (Å²) in [6.45, 7) is 3.23. The average molecular weight is 187 g/mol. The lowest BCUT2D eigenvalue weighted by Crippen LogP contribution is -1.95. The van der Waals surface area contributed by atoms with Gasteiger partial charge < -0.3 is 4.55 Å². The van der Waals surface area contributed by atoms with E-state index in [1.54, 1.807) is 13.8 Å². The summed E-state index contributed by atoms with van der Waals surface area (Å²) in [6, 6.07) is 2.55. The van der Waals surface area contributed by atoms with Crippen LogP contribution in [0.2, 0.25) is 0 Å². The summed E-state index contributed by atoms with van der Waals surface area (Å²) >= 11 is -2.35. The zero-order chi connectivity index (χ0) is 9.30. The van der Waals surface area contributed by atoms with Crippen molar-refractivity contribution < 1.29 is 13.2 Å². The van der Waals surface area contributed by atoms with Crippen LogP contribution >= 0.6 is 0 Å². The Morgan fingerprint density at radius 3 is 2.42 bits per heavy atom. The van der Waals surface area contributed by atoms with E-state index in [4.69, 9.17) is 0 Å². The molecule has 1 aromatic rings. The molecule has 0 bridgehead atoms. The maximum absolute atomic E-state index is 12.8. The molecule has 12 heavy (non-hydrogen) atoms. The number of halogens is 1. The summed E-state index contributed by atoms with van der Waals surface area (Å²) in [5.74, 6) is -0.486. The van der Waals surface area contributed by atoms with E-state index in [1.807, 2.05) is 0 Å². The fourth-order valence-electron chi connectivity index (χ4n) is 0.987. The van der Waals surface area contributed by atoms with Crippen LogP contribution in [0.25, 0.3) is 0 Å². The normalized spacial score (nSPS) is 13.0. The lowest BCUT2D eigenvalue weighted by atomic mass is 10.1. The Labute approximate surface area is 72.7 Å². The molecule has 0 radical (unpaired) electrons. The first-order valence-electron chi connectivity index (χ1n) is 3.38. The minimum Gasteiger partial charge on any atom is -0.768 e. The number of hydrogen-bond acceptors (Lipinski definition) is 2. The molecule has 66 valence electrons. The van der Waals surface area contributed by atoms with Crippen LogP contribution < -0.4 is 0 Å². The Morgan fingerprint density at radius 2 is 1.92 bits per heavy atom. The SMILES string of the molecule is Cc1cc(C)c(S(=O)[O-])cc1F. The molecule has 0 aliphatic heterocycles. The van der Waals surface area contributed by atoms with Gasteiger partial charge in [-0.2, -0.15) is 0 Å². The summed E-state index contributed by atoms with van der Waals surface area (Å²) in [6.07, 6.45) is 0. The molecule has 1 unspecified atom stereocenters. The lowest BCUT2D eigenvalue weighted by molar-refractivity contribution is 0.534. The standard InChI is InChI=1S/C8H9FO2S/c1-5-3-6(2)8(12(10)11)4-7(5)9/h3-4H,1-2H3,(H,10,11)/p-1. The number of benzene rings is 1. The van der Waals surface area contributed by atoms with Gasteiger partial charge in [-0.05, 0) is 42.1 Å². The smallest absolute Gasteiger partial charge is 0.127 e. The third-order valence-corrected chi connectivity index (χ3v) is 2.43. The average Bonchev–Trinajstić information content (AvgIpc) is 1.96. The number of hydrogen-bond donors (Lipinski definition) is 0. The van der Waals surface area contributed by atoms with Crippen molar-refractivity contribution in [1.82, 2.24) is 0 Å².